The van der Waals surface area contributed by atoms with Crippen LogP contribution in [0.4, 0.5) is 9.18 Å². The first kappa shape index (κ1) is 11.6. The molecular weight excluding hydrogens is 301 g/mol. The maximum absolute atomic E-state index is 14.0. The minimum absolute atomic E-state index is 0.148. The van der Waals surface area contributed by atoms with E-state index in [1.807, 2.05) is 0 Å². The summed E-state index contributed by atoms with van der Waals surface area (Å²) in [6, 6.07) is 3.98. The van der Waals surface area contributed by atoms with Crippen molar-refractivity contribution in [3.8, 4) is 0 Å². The van der Waals surface area contributed by atoms with E-state index in [4.69, 9.17) is 5.73 Å². The molecule has 0 aromatic heterocycles. The Morgan fingerprint density at radius 1 is 1.44 bits per heavy atom. The van der Waals surface area contributed by atoms with E-state index in [1.54, 1.807) is 17.0 Å². The summed E-state index contributed by atoms with van der Waals surface area (Å²) in [6.07, 6.45) is 1.87. The van der Waals surface area contributed by atoms with Crippen LogP contribution in [0.1, 0.15) is 24.4 Å². The van der Waals surface area contributed by atoms with E-state index in [0.717, 1.165) is 12.8 Å². The van der Waals surface area contributed by atoms with Gasteiger partial charge in [-0.2, -0.15) is 4.99 Å². The number of amidine groups is 1. The highest BCUT2D eigenvalue weighted by Crippen LogP contribution is 2.39. The highest BCUT2D eigenvalue weighted by molar-refractivity contribution is 9.10. The van der Waals surface area contributed by atoms with Crippen molar-refractivity contribution in [2.75, 3.05) is 0 Å². The largest absolute Gasteiger partial charge is 0.385 e. The van der Waals surface area contributed by atoms with Crippen LogP contribution in [0, 0.1) is 5.82 Å². The molecule has 2 aliphatic rings. The number of rotatable bonds is 2. The van der Waals surface area contributed by atoms with Crippen LogP contribution in [0.5, 0.6) is 0 Å². The Morgan fingerprint density at radius 2 is 2.17 bits per heavy atom. The average Bonchev–Trinajstić information content (AvgIpc) is 3.06. The number of hydrogen-bond acceptors (Lipinski definition) is 2. The van der Waals surface area contributed by atoms with Gasteiger partial charge in [-0.05, 0) is 25.0 Å². The highest BCUT2D eigenvalue weighted by Gasteiger charge is 2.44. The molecule has 1 aromatic carbocycles. The van der Waals surface area contributed by atoms with Crippen LogP contribution in [0.2, 0.25) is 0 Å². The van der Waals surface area contributed by atoms with Gasteiger partial charge >= 0.3 is 6.03 Å². The summed E-state index contributed by atoms with van der Waals surface area (Å²) in [7, 11) is 0. The molecule has 6 heteroatoms. The number of carbonyl (C=O) groups excluding carboxylic acids is 1. The molecule has 94 valence electrons. The molecule has 0 saturated heterocycles. The molecule has 2 amide bonds. The lowest BCUT2D eigenvalue weighted by Gasteiger charge is -2.24. The van der Waals surface area contributed by atoms with Crippen molar-refractivity contribution in [2.45, 2.75) is 24.9 Å². The summed E-state index contributed by atoms with van der Waals surface area (Å²) in [6.45, 7) is 0. The van der Waals surface area contributed by atoms with E-state index in [-0.39, 0.29) is 23.7 Å². The molecule has 1 aliphatic heterocycles. The van der Waals surface area contributed by atoms with Crippen molar-refractivity contribution in [1.82, 2.24) is 4.90 Å². The van der Waals surface area contributed by atoms with E-state index < -0.39 is 6.04 Å². The normalized spacial score (nSPS) is 23.4. The lowest BCUT2D eigenvalue weighted by Crippen LogP contribution is -2.35. The second kappa shape index (κ2) is 4.05. The Hall–Kier alpha value is -1.43. The van der Waals surface area contributed by atoms with Crippen molar-refractivity contribution in [3.05, 3.63) is 34.1 Å². The number of nitrogens with two attached hydrogens (primary N) is 1. The molecular formula is C12H11BrFN3O. The Morgan fingerprint density at radius 3 is 2.78 bits per heavy atom. The Labute approximate surface area is 112 Å². The zero-order valence-electron chi connectivity index (χ0n) is 9.44. The maximum atomic E-state index is 14.0. The summed E-state index contributed by atoms with van der Waals surface area (Å²) in [4.78, 5) is 17.1. The molecule has 0 spiro atoms. The lowest BCUT2D eigenvalue weighted by molar-refractivity contribution is 0.202. The summed E-state index contributed by atoms with van der Waals surface area (Å²) in [5.74, 6) is -0.207. The number of aliphatic imine (C=N–C) groups is 1. The second-order valence-electron chi connectivity index (χ2n) is 4.53. The number of benzene rings is 1. The molecule has 2 N–H and O–H groups in total. The number of nitrogens with zero attached hydrogens (tertiary/aromatic N) is 2. The van der Waals surface area contributed by atoms with Crippen LogP contribution in [0.15, 0.2) is 27.7 Å². The van der Waals surface area contributed by atoms with Gasteiger partial charge in [-0.25, -0.2) is 9.18 Å². The van der Waals surface area contributed by atoms with Crippen molar-refractivity contribution in [1.29, 1.82) is 0 Å². The first-order valence-electron chi connectivity index (χ1n) is 5.69. The molecule has 1 unspecified atom stereocenters. The van der Waals surface area contributed by atoms with Crippen molar-refractivity contribution < 1.29 is 9.18 Å². The lowest BCUT2D eigenvalue weighted by atomic mass is 10.0. The first-order chi connectivity index (χ1) is 8.58. The fraction of sp³-hybridized carbons (Fsp3) is 0.333. The average molecular weight is 312 g/mol. The van der Waals surface area contributed by atoms with Gasteiger partial charge in [0.25, 0.3) is 0 Å². The third-order valence-electron chi connectivity index (χ3n) is 3.20. The van der Waals surface area contributed by atoms with Gasteiger partial charge in [0.05, 0.1) is 0 Å². The smallest absolute Gasteiger partial charge is 0.346 e. The molecule has 1 atom stereocenters. The monoisotopic (exact) mass is 311 g/mol. The van der Waals surface area contributed by atoms with E-state index >= 15 is 0 Å². The van der Waals surface area contributed by atoms with Gasteiger partial charge in [0.15, 0.2) is 0 Å². The molecule has 1 heterocycles. The molecule has 1 aliphatic carbocycles. The number of urea groups is 1. The van der Waals surface area contributed by atoms with Gasteiger partial charge in [0.1, 0.15) is 17.7 Å². The molecule has 0 bridgehead atoms. The van der Waals surface area contributed by atoms with Crippen LogP contribution in [0.25, 0.3) is 0 Å². The van der Waals surface area contributed by atoms with Gasteiger partial charge in [-0.15, -0.1) is 0 Å². The van der Waals surface area contributed by atoms with Gasteiger partial charge in [-0.1, -0.05) is 22.0 Å². The van der Waals surface area contributed by atoms with E-state index in [1.165, 1.54) is 6.07 Å². The van der Waals surface area contributed by atoms with Crippen molar-refractivity contribution in [2.24, 2.45) is 10.7 Å². The third-order valence-corrected chi connectivity index (χ3v) is 3.69. The van der Waals surface area contributed by atoms with E-state index in [2.05, 4.69) is 20.9 Å². The predicted octanol–water partition coefficient (Wildman–Crippen LogP) is 2.58. The van der Waals surface area contributed by atoms with Gasteiger partial charge < -0.3 is 10.6 Å². The van der Waals surface area contributed by atoms with Crippen LogP contribution < -0.4 is 5.73 Å². The highest BCUT2D eigenvalue weighted by atomic mass is 79.9. The molecule has 1 saturated carbocycles. The SMILES string of the molecule is NC1=NC(=O)N(C2CC2)C1c1ccc(Br)cc1F. The Balaban J connectivity index is 2.03. The summed E-state index contributed by atoms with van der Waals surface area (Å²) in [5, 5.41) is 0. The number of halogens is 2. The first-order valence-corrected chi connectivity index (χ1v) is 6.48. The maximum Gasteiger partial charge on any atom is 0.346 e. The van der Waals surface area contributed by atoms with Gasteiger partial charge in [0, 0.05) is 16.1 Å². The molecule has 0 radical (unpaired) electrons. The minimum atomic E-state index is -0.557. The van der Waals surface area contributed by atoms with Gasteiger partial charge in [-0.3, -0.25) is 0 Å². The zero-order chi connectivity index (χ0) is 12.9. The third kappa shape index (κ3) is 1.80. The van der Waals surface area contributed by atoms with Crippen LogP contribution in [-0.2, 0) is 0 Å². The van der Waals surface area contributed by atoms with Crippen LogP contribution >= 0.6 is 15.9 Å². The van der Waals surface area contributed by atoms with Crippen molar-refractivity contribution >= 4 is 27.8 Å². The number of hydrogen-bond donors (Lipinski definition) is 1. The molecule has 18 heavy (non-hydrogen) atoms. The topological polar surface area (TPSA) is 58.7 Å². The fourth-order valence-corrected chi connectivity index (χ4v) is 2.57. The fourth-order valence-electron chi connectivity index (χ4n) is 2.23. The second-order valence-corrected chi connectivity index (χ2v) is 5.44. The van der Waals surface area contributed by atoms with E-state index in [9.17, 15) is 9.18 Å². The Bertz CT molecular complexity index is 556. The van der Waals surface area contributed by atoms with E-state index in [0.29, 0.717) is 10.0 Å². The quantitative estimate of drug-likeness (QED) is 0.912. The summed E-state index contributed by atoms with van der Waals surface area (Å²) >= 11 is 3.21. The zero-order valence-corrected chi connectivity index (χ0v) is 11.0. The molecule has 4 nitrogen and oxygen atoms in total. The van der Waals surface area contributed by atoms with Crippen LogP contribution in [-0.4, -0.2) is 22.8 Å². The standard InChI is InChI=1S/C12H11BrFN3O/c13-6-1-4-8(9(14)5-6)10-11(15)16-12(18)17(10)7-2-3-7/h1,4-5,7,10H,2-3H2,(H2,15,16,18). The number of carbonyl (C=O) groups is 1. The Kier molecular flexibility index (Phi) is 2.62. The molecule has 1 aromatic rings. The number of amides is 2. The molecule has 1 fully saturated rings. The minimum Gasteiger partial charge on any atom is -0.385 e. The summed E-state index contributed by atoms with van der Waals surface area (Å²) < 4.78 is 14.6. The summed E-state index contributed by atoms with van der Waals surface area (Å²) in [5.41, 5.74) is 6.17. The molecule has 3 rings (SSSR count). The van der Waals surface area contributed by atoms with Crippen molar-refractivity contribution in [3.63, 3.8) is 0 Å². The van der Waals surface area contributed by atoms with Gasteiger partial charge in [0.2, 0.25) is 0 Å². The predicted molar refractivity (Wildman–Crippen MR) is 68.7 cm³/mol. The van der Waals surface area contributed by atoms with Crippen LogP contribution in [0.3, 0.4) is 0 Å².